The normalized spacial score (nSPS) is 38.5. The van der Waals surface area contributed by atoms with Crippen molar-refractivity contribution in [2.45, 2.75) is 18.5 Å². The van der Waals surface area contributed by atoms with Gasteiger partial charge in [0.25, 0.3) is 0 Å². The van der Waals surface area contributed by atoms with Gasteiger partial charge in [-0.05, 0) is 13.5 Å². The van der Waals surface area contributed by atoms with Crippen molar-refractivity contribution in [3.8, 4) is 0 Å². The number of likely N-dealkylation sites (tertiary alicyclic amines) is 1. The number of rotatable bonds is 0. The molecule has 0 spiro atoms. The molecule has 0 aromatic rings. The second-order valence-corrected chi connectivity index (χ2v) is 3.24. The van der Waals surface area contributed by atoms with E-state index in [2.05, 4.69) is 15.5 Å². The summed E-state index contributed by atoms with van der Waals surface area (Å²) in [4.78, 5) is 13.4. The Bertz CT molecular complexity index is 181. The predicted molar refractivity (Wildman–Crippen MR) is 41.0 cm³/mol. The predicted octanol–water partition coefficient (Wildman–Crippen LogP) is -1.26. The molecule has 11 heavy (non-hydrogen) atoms. The number of carbonyl (C=O) groups is 1. The highest BCUT2D eigenvalue weighted by Gasteiger charge is 2.39. The zero-order valence-electron chi connectivity index (χ0n) is 6.63. The highest BCUT2D eigenvalue weighted by atomic mass is 16.2. The molecular formula is C7H13N3O. The maximum atomic E-state index is 11.3. The van der Waals surface area contributed by atoms with Crippen LogP contribution in [-0.2, 0) is 4.79 Å². The Labute approximate surface area is 65.9 Å². The van der Waals surface area contributed by atoms with Crippen LogP contribution in [0.3, 0.4) is 0 Å². The van der Waals surface area contributed by atoms with Crippen LogP contribution in [0.15, 0.2) is 0 Å². The third kappa shape index (κ3) is 1.02. The number of carbonyl (C=O) groups excluding carboxylic acids is 1. The Morgan fingerprint density at radius 3 is 3.18 bits per heavy atom. The zero-order chi connectivity index (χ0) is 7.84. The standard InChI is InChI=1S/C7H13N3O/c1-10-3-2-5-6(10)7(11)9-4-8-5/h5-6,8H,2-4H2,1H3,(H,9,11). The van der Waals surface area contributed by atoms with Crippen molar-refractivity contribution >= 4 is 5.91 Å². The van der Waals surface area contributed by atoms with Gasteiger partial charge in [-0.2, -0.15) is 0 Å². The minimum atomic E-state index is 0.0729. The molecule has 2 atom stereocenters. The number of nitrogens with zero attached hydrogens (tertiary/aromatic N) is 1. The summed E-state index contributed by atoms with van der Waals surface area (Å²) in [5.74, 6) is 0.175. The number of hydrogen-bond acceptors (Lipinski definition) is 3. The lowest BCUT2D eigenvalue weighted by Gasteiger charge is -2.29. The van der Waals surface area contributed by atoms with Crippen LogP contribution >= 0.6 is 0 Å². The van der Waals surface area contributed by atoms with E-state index >= 15 is 0 Å². The third-order valence-corrected chi connectivity index (χ3v) is 2.54. The Morgan fingerprint density at radius 1 is 1.64 bits per heavy atom. The van der Waals surface area contributed by atoms with E-state index in [4.69, 9.17) is 0 Å². The summed E-state index contributed by atoms with van der Waals surface area (Å²) in [6.45, 7) is 1.66. The summed E-state index contributed by atoms with van der Waals surface area (Å²) in [7, 11) is 2.00. The van der Waals surface area contributed by atoms with Gasteiger partial charge in [0, 0.05) is 12.6 Å². The van der Waals surface area contributed by atoms with E-state index in [0.717, 1.165) is 13.0 Å². The van der Waals surface area contributed by atoms with Gasteiger partial charge in [-0.3, -0.25) is 15.0 Å². The fraction of sp³-hybridized carbons (Fsp3) is 0.857. The first-order valence-corrected chi connectivity index (χ1v) is 4.00. The molecule has 0 aromatic carbocycles. The van der Waals surface area contributed by atoms with Gasteiger partial charge in [-0.25, -0.2) is 0 Å². The molecule has 4 nitrogen and oxygen atoms in total. The fourth-order valence-electron chi connectivity index (χ4n) is 1.92. The van der Waals surface area contributed by atoms with Gasteiger partial charge in [0.05, 0.1) is 6.67 Å². The number of likely N-dealkylation sites (N-methyl/N-ethyl adjacent to an activating group) is 1. The molecule has 2 aliphatic heterocycles. The molecule has 4 heteroatoms. The number of nitrogens with one attached hydrogen (secondary N) is 2. The monoisotopic (exact) mass is 155 g/mol. The summed E-state index contributed by atoms with van der Waals surface area (Å²) >= 11 is 0. The van der Waals surface area contributed by atoms with Crippen LogP contribution in [-0.4, -0.2) is 43.2 Å². The van der Waals surface area contributed by atoms with Crippen LogP contribution in [0.25, 0.3) is 0 Å². The van der Waals surface area contributed by atoms with Gasteiger partial charge in [0.2, 0.25) is 5.91 Å². The average molecular weight is 155 g/mol. The van der Waals surface area contributed by atoms with Crippen molar-refractivity contribution in [2.24, 2.45) is 0 Å². The first kappa shape index (κ1) is 7.06. The summed E-state index contributed by atoms with van der Waals surface area (Å²) in [6.07, 6.45) is 1.09. The maximum Gasteiger partial charge on any atom is 0.239 e. The second kappa shape index (κ2) is 2.46. The van der Waals surface area contributed by atoms with Crippen molar-refractivity contribution in [1.82, 2.24) is 15.5 Å². The average Bonchev–Trinajstić information content (AvgIpc) is 2.34. The maximum absolute atomic E-state index is 11.3. The summed E-state index contributed by atoms with van der Waals surface area (Å²) < 4.78 is 0. The van der Waals surface area contributed by atoms with Crippen LogP contribution in [0.2, 0.25) is 0 Å². The molecule has 0 saturated carbocycles. The highest BCUT2D eigenvalue weighted by molar-refractivity contribution is 5.83. The third-order valence-electron chi connectivity index (χ3n) is 2.54. The Hall–Kier alpha value is -0.610. The molecule has 2 heterocycles. The molecule has 2 saturated heterocycles. The lowest BCUT2D eigenvalue weighted by atomic mass is 10.1. The molecule has 1 amide bonds. The highest BCUT2D eigenvalue weighted by Crippen LogP contribution is 2.17. The quantitative estimate of drug-likeness (QED) is 0.459. The molecule has 2 rings (SSSR count). The fourth-order valence-corrected chi connectivity index (χ4v) is 1.92. The van der Waals surface area contributed by atoms with E-state index in [1.54, 1.807) is 0 Å². The first-order valence-electron chi connectivity index (χ1n) is 4.00. The molecular weight excluding hydrogens is 142 g/mol. The smallest absolute Gasteiger partial charge is 0.239 e. The molecule has 2 fully saturated rings. The van der Waals surface area contributed by atoms with Crippen molar-refractivity contribution in [3.63, 3.8) is 0 Å². The Balaban J connectivity index is 2.14. The van der Waals surface area contributed by atoms with E-state index < -0.39 is 0 Å². The van der Waals surface area contributed by atoms with E-state index in [1.165, 1.54) is 0 Å². The SMILES string of the molecule is CN1CCC2NCNC(=O)C21. The van der Waals surface area contributed by atoms with Crippen molar-refractivity contribution in [1.29, 1.82) is 0 Å². The van der Waals surface area contributed by atoms with Gasteiger partial charge in [-0.15, -0.1) is 0 Å². The molecule has 62 valence electrons. The van der Waals surface area contributed by atoms with Crippen LogP contribution in [0, 0.1) is 0 Å². The van der Waals surface area contributed by atoms with Gasteiger partial charge < -0.3 is 5.32 Å². The van der Waals surface area contributed by atoms with E-state index in [9.17, 15) is 4.79 Å². The molecule has 2 unspecified atom stereocenters. The number of amides is 1. The van der Waals surface area contributed by atoms with E-state index in [-0.39, 0.29) is 11.9 Å². The van der Waals surface area contributed by atoms with E-state index in [1.807, 2.05) is 7.05 Å². The molecule has 0 aromatic heterocycles. The van der Waals surface area contributed by atoms with Gasteiger partial charge in [-0.1, -0.05) is 0 Å². The Morgan fingerprint density at radius 2 is 2.45 bits per heavy atom. The molecule has 2 aliphatic rings. The number of hydrogen-bond donors (Lipinski definition) is 2. The largest absolute Gasteiger partial charge is 0.342 e. The van der Waals surface area contributed by atoms with Crippen molar-refractivity contribution in [3.05, 3.63) is 0 Å². The minimum Gasteiger partial charge on any atom is -0.342 e. The summed E-state index contributed by atoms with van der Waals surface area (Å²) in [5.41, 5.74) is 0. The molecule has 0 bridgehead atoms. The molecule has 2 N–H and O–H groups in total. The van der Waals surface area contributed by atoms with Gasteiger partial charge in [0.1, 0.15) is 6.04 Å². The lowest BCUT2D eigenvalue weighted by Crippen LogP contribution is -2.59. The van der Waals surface area contributed by atoms with Crippen LogP contribution in [0.1, 0.15) is 6.42 Å². The molecule has 0 radical (unpaired) electrons. The van der Waals surface area contributed by atoms with E-state index in [0.29, 0.717) is 12.7 Å². The van der Waals surface area contributed by atoms with Crippen LogP contribution in [0.4, 0.5) is 0 Å². The van der Waals surface area contributed by atoms with Crippen LogP contribution < -0.4 is 10.6 Å². The molecule has 0 aliphatic carbocycles. The Kier molecular flexibility index (Phi) is 1.58. The van der Waals surface area contributed by atoms with Crippen molar-refractivity contribution < 1.29 is 4.79 Å². The van der Waals surface area contributed by atoms with Crippen molar-refractivity contribution in [2.75, 3.05) is 20.3 Å². The lowest BCUT2D eigenvalue weighted by molar-refractivity contribution is -0.127. The van der Waals surface area contributed by atoms with Gasteiger partial charge >= 0.3 is 0 Å². The topological polar surface area (TPSA) is 44.4 Å². The summed E-state index contributed by atoms with van der Waals surface area (Å²) in [6, 6.07) is 0.456. The van der Waals surface area contributed by atoms with Gasteiger partial charge in [0.15, 0.2) is 0 Å². The second-order valence-electron chi connectivity index (χ2n) is 3.24. The minimum absolute atomic E-state index is 0.0729. The zero-order valence-corrected chi connectivity index (χ0v) is 6.63. The van der Waals surface area contributed by atoms with Crippen LogP contribution in [0.5, 0.6) is 0 Å². The number of fused-ring (bicyclic) bond motifs is 1. The summed E-state index contributed by atoms with van der Waals surface area (Å²) in [5, 5.41) is 6.06. The first-order chi connectivity index (χ1) is 5.29.